The first-order valence-corrected chi connectivity index (χ1v) is 4.07. The fourth-order valence-corrected chi connectivity index (χ4v) is 0.873. The molecular weight excluding hydrogens is 196 g/mol. The molecule has 4 atom stereocenters. The van der Waals surface area contributed by atoms with Gasteiger partial charge >= 0.3 is 0 Å². The molecule has 0 amide bonds. The Morgan fingerprint density at radius 2 is 0.857 bits per heavy atom. The third kappa shape index (κ3) is 3.46. The summed E-state index contributed by atoms with van der Waals surface area (Å²) >= 11 is 0. The maximum Gasteiger partial charge on any atom is 0.111 e. The molecule has 7 N–H and O–H groups in total. The van der Waals surface area contributed by atoms with E-state index in [-0.39, 0.29) is 0 Å². The topological polar surface area (TPSA) is 142 Å². The molecule has 0 bridgehead atoms. The van der Waals surface area contributed by atoms with E-state index in [1.165, 1.54) is 0 Å². The van der Waals surface area contributed by atoms with Crippen molar-refractivity contribution in [3.8, 4) is 0 Å². The highest BCUT2D eigenvalue weighted by molar-refractivity contribution is 4.84. The fourth-order valence-electron chi connectivity index (χ4n) is 0.873. The van der Waals surface area contributed by atoms with Crippen LogP contribution in [-0.4, -0.2) is 79.5 Å². The van der Waals surface area contributed by atoms with Crippen LogP contribution in [0.25, 0.3) is 0 Å². The van der Waals surface area contributed by atoms with Crippen LogP contribution < -0.4 is 0 Å². The minimum atomic E-state index is -1.85. The van der Waals surface area contributed by atoms with Crippen LogP contribution in [0.3, 0.4) is 0 Å². The first kappa shape index (κ1) is 13.7. The summed E-state index contributed by atoms with van der Waals surface area (Å²) in [6.45, 7) is -1.58. The second-order valence-corrected chi connectivity index (χ2v) is 2.97. The zero-order chi connectivity index (χ0) is 11.3. The van der Waals surface area contributed by atoms with Gasteiger partial charge in [-0.1, -0.05) is 0 Å². The van der Waals surface area contributed by atoms with E-state index < -0.39 is 43.7 Å². The molecule has 7 heteroatoms. The Morgan fingerprint density at radius 1 is 0.571 bits per heavy atom. The number of aliphatic hydroxyl groups is 7. The summed E-state index contributed by atoms with van der Waals surface area (Å²) in [6, 6.07) is 0. The van der Waals surface area contributed by atoms with Crippen LogP contribution in [0.15, 0.2) is 0 Å². The third-order valence-corrected chi connectivity index (χ3v) is 1.86. The van der Waals surface area contributed by atoms with Crippen molar-refractivity contribution in [3.05, 3.63) is 0 Å². The number of rotatable bonds is 6. The quantitative estimate of drug-likeness (QED) is 0.236. The average Bonchev–Trinajstić information content (AvgIpc) is 2.23. The largest absolute Gasteiger partial charge is 0.394 e. The Kier molecular flexibility index (Phi) is 6.12. The van der Waals surface area contributed by atoms with Gasteiger partial charge in [-0.3, -0.25) is 0 Å². The Balaban J connectivity index is 4.22. The zero-order valence-electron chi connectivity index (χ0n) is 7.43. The summed E-state index contributed by atoms with van der Waals surface area (Å²) in [5, 5.41) is 61.9. The van der Waals surface area contributed by atoms with Gasteiger partial charge in [0.25, 0.3) is 0 Å². The van der Waals surface area contributed by atoms with Gasteiger partial charge in [0.2, 0.25) is 0 Å². The van der Waals surface area contributed by atoms with Gasteiger partial charge in [-0.2, -0.15) is 0 Å². The van der Waals surface area contributed by atoms with E-state index in [1.54, 1.807) is 0 Å². The molecular formula is C7H16O7. The minimum Gasteiger partial charge on any atom is -0.394 e. The normalized spacial score (nSPS) is 20.6. The lowest BCUT2D eigenvalue weighted by molar-refractivity contribution is -0.145. The smallest absolute Gasteiger partial charge is 0.111 e. The van der Waals surface area contributed by atoms with Gasteiger partial charge in [0, 0.05) is 0 Å². The van der Waals surface area contributed by atoms with Crippen molar-refractivity contribution in [3.63, 3.8) is 0 Å². The number of aliphatic hydroxyl groups excluding tert-OH is 7. The standard InChI is InChI=1S/C7H16O7/c8-1-3(10)5(12)7(14)6(13)4(11)2-9/h3-14H,1-2H2/t3-,4-,5-,6-/m1/s1. The molecule has 0 aromatic rings. The molecule has 0 aliphatic rings. The Bertz CT molecular complexity index is 137. The van der Waals surface area contributed by atoms with Crippen molar-refractivity contribution in [2.45, 2.75) is 30.5 Å². The SMILES string of the molecule is OC[C@@H](O)[C@@H](O)C(O)[C@H](O)[C@H](O)CO. The summed E-state index contributed by atoms with van der Waals surface area (Å²) in [7, 11) is 0. The molecule has 86 valence electrons. The second-order valence-electron chi connectivity index (χ2n) is 2.97. The molecule has 0 heterocycles. The van der Waals surface area contributed by atoms with Crippen LogP contribution in [0, 0.1) is 0 Å². The van der Waals surface area contributed by atoms with Gasteiger partial charge in [-0.15, -0.1) is 0 Å². The van der Waals surface area contributed by atoms with E-state index in [4.69, 9.17) is 35.7 Å². The molecule has 0 aromatic heterocycles. The number of hydrogen-bond acceptors (Lipinski definition) is 7. The molecule has 14 heavy (non-hydrogen) atoms. The van der Waals surface area contributed by atoms with E-state index in [9.17, 15) is 0 Å². The summed E-state index contributed by atoms with van der Waals surface area (Å²) < 4.78 is 0. The molecule has 7 nitrogen and oxygen atoms in total. The number of hydrogen-bond donors (Lipinski definition) is 7. The summed E-state index contributed by atoms with van der Waals surface area (Å²) in [5.41, 5.74) is 0. The van der Waals surface area contributed by atoms with E-state index in [1.807, 2.05) is 0 Å². The van der Waals surface area contributed by atoms with Crippen LogP contribution in [0.4, 0.5) is 0 Å². The van der Waals surface area contributed by atoms with Crippen LogP contribution in [0.1, 0.15) is 0 Å². The van der Waals surface area contributed by atoms with Gasteiger partial charge in [0.15, 0.2) is 0 Å². The first-order chi connectivity index (χ1) is 6.45. The van der Waals surface area contributed by atoms with Gasteiger partial charge in [-0.25, -0.2) is 0 Å². The monoisotopic (exact) mass is 212 g/mol. The molecule has 0 aromatic carbocycles. The Labute approximate surface area is 80.5 Å². The summed E-state index contributed by atoms with van der Waals surface area (Å²) in [5.74, 6) is 0. The van der Waals surface area contributed by atoms with Gasteiger partial charge in [-0.05, 0) is 0 Å². The molecule has 0 fully saturated rings. The van der Waals surface area contributed by atoms with Crippen LogP contribution in [0.2, 0.25) is 0 Å². The zero-order valence-corrected chi connectivity index (χ0v) is 7.43. The maximum atomic E-state index is 9.15. The predicted octanol–water partition coefficient (Wildman–Crippen LogP) is -4.22. The van der Waals surface area contributed by atoms with E-state index in [0.717, 1.165) is 0 Å². The predicted molar refractivity (Wildman–Crippen MR) is 44.2 cm³/mol. The summed E-state index contributed by atoms with van der Waals surface area (Å²) in [6.07, 6.45) is -8.68. The highest BCUT2D eigenvalue weighted by Crippen LogP contribution is 2.07. The minimum absolute atomic E-state index is 0.792. The van der Waals surface area contributed by atoms with Crippen molar-refractivity contribution < 1.29 is 35.7 Å². The molecule has 0 aliphatic heterocycles. The fraction of sp³-hybridized carbons (Fsp3) is 1.00. The Morgan fingerprint density at radius 3 is 1.07 bits per heavy atom. The summed E-state index contributed by atoms with van der Waals surface area (Å²) in [4.78, 5) is 0. The Hall–Kier alpha value is -0.280. The molecule has 0 saturated heterocycles. The maximum absolute atomic E-state index is 9.15. The molecule has 0 aliphatic carbocycles. The van der Waals surface area contributed by atoms with Crippen LogP contribution in [-0.2, 0) is 0 Å². The van der Waals surface area contributed by atoms with Crippen molar-refractivity contribution >= 4 is 0 Å². The first-order valence-electron chi connectivity index (χ1n) is 4.07. The highest BCUT2D eigenvalue weighted by atomic mass is 16.4. The van der Waals surface area contributed by atoms with Gasteiger partial charge in [0.1, 0.15) is 30.5 Å². The lowest BCUT2D eigenvalue weighted by Crippen LogP contribution is -2.50. The van der Waals surface area contributed by atoms with Crippen LogP contribution >= 0.6 is 0 Å². The van der Waals surface area contributed by atoms with E-state index >= 15 is 0 Å². The lowest BCUT2D eigenvalue weighted by atomic mass is 10.00. The molecule has 0 radical (unpaired) electrons. The molecule has 0 rings (SSSR count). The molecule has 0 spiro atoms. The van der Waals surface area contributed by atoms with Crippen LogP contribution in [0.5, 0.6) is 0 Å². The van der Waals surface area contributed by atoms with Crippen molar-refractivity contribution in [1.82, 2.24) is 0 Å². The van der Waals surface area contributed by atoms with Gasteiger partial charge < -0.3 is 35.7 Å². The highest BCUT2D eigenvalue weighted by Gasteiger charge is 2.33. The lowest BCUT2D eigenvalue weighted by Gasteiger charge is -2.27. The average molecular weight is 212 g/mol. The second kappa shape index (κ2) is 6.25. The molecule has 0 saturated carbocycles. The van der Waals surface area contributed by atoms with Crippen molar-refractivity contribution in [2.24, 2.45) is 0 Å². The van der Waals surface area contributed by atoms with E-state index in [2.05, 4.69) is 0 Å². The van der Waals surface area contributed by atoms with E-state index in [0.29, 0.717) is 0 Å². The molecule has 0 unspecified atom stereocenters. The van der Waals surface area contributed by atoms with Crippen molar-refractivity contribution in [2.75, 3.05) is 13.2 Å². The third-order valence-electron chi connectivity index (χ3n) is 1.86. The van der Waals surface area contributed by atoms with Gasteiger partial charge in [0.05, 0.1) is 13.2 Å². The van der Waals surface area contributed by atoms with Crippen molar-refractivity contribution in [1.29, 1.82) is 0 Å².